The summed E-state index contributed by atoms with van der Waals surface area (Å²) in [7, 11) is 4.43. The van der Waals surface area contributed by atoms with Crippen LogP contribution >= 0.6 is 11.6 Å². The molecule has 0 atom stereocenters. The summed E-state index contributed by atoms with van der Waals surface area (Å²) in [5.41, 5.74) is 7.57. The van der Waals surface area contributed by atoms with Gasteiger partial charge in [0.25, 0.3) is 0 Å². The molecule has 0 spiro atoms. The van der Waals surface area contributed by atoms with Crippen molar-refractivity contribution in [3.63, 3.8) is 0 Å². The number of rotatable bonds is 7. The second-order valence-electron chi connectivity index (χ2n) is 5.24. The molecule has 25 heavy (non-hydrogen) atoms. The quantitative estimate of drug-likeness (QED) is 0.579. The van der Waals surface area contributed by atoms with Gasteiger partial charge in [-0.05, 0) is 36.2 Å². The molecule has 134 valence electrons. The first-order chi connectivity index (χ1) is 12.0. The van der Waals surface area contributed by atoms with Gasteiger partial charge in [0.05, 0.1) is 21.3 Å². The highest BCUT2D eigenvalue weighted by Gasteiger charge is 2.21. The Hall–Kier alpha value is -2.44. The average Bonchev–Trinajstić information content (AvgIpc) is 2.62. The number of benzene rings is 2. The van der Waals surface area contributed by atoms with E-state index in [9.17, 15) is 4.79 Å². The molecule has 0 bridgehead atoms. The highest BCUT2D eigenvalue weighted by atomic mass is 35.5. The number of anilines is 1. The van der Waals surface area contributed by atoms with Crippen molar-refractivity contribution in [2.45, 2.75) is 6.42 Å². The van der Waals surface area contributed by atoms with Crippen LogP contribution in [0.25, 0.3) is 0 Å². The molecule has 3 N–H and O–H groups in total. The van der Waals surface area contributed by atoms with Crippen LogP contribution in [0.1, 0.15) is 21.5 Å². The van der Waals surface area contributed by atoms with E-state index in [2.05, 4.69) is 0 Å². The largest absolute Gasteiger partial charge is 0.493 e. The van der Waals surface area contributed by atoms with Gasteiger partial charge >= 0.3 is 0 Å². The molecule has 0 fully saturated rings. The predicted octanol–water partition coefficient (Wildman–Crippen LogP) is 2.71. The molecule has 2 aromatic rings. The molecule has 0 radical (unpaired) electrons. The second-order valence-corrected chi connectivity index (χ2v) is 5.68. The van der Waals surface area contributed by atoms with Crippen LogP contribution in [0.15, 0.2) is 24.3 Å². The molecule has 2 rings (SSSR count). The zero-order valence-corrected chi connectivity index (χ0v) is 15.0. The number of carbonyl (C=O) groups excluding carboxylic acids is 1. The minimum atomic E-state index is -0.335. The topological polar surface area (TPSA) is 91.0 Å². The molecule has 0 saturated carbocycles. The number of ether oxygens (including phenoxy) is 3. The van der Waals surface area contributed by atoms with Gasteiger partial charge in [-0.25, -0.2) is 0 Å². The van der Waals surface area contributed by atoms with Crippen molar-refractivity contribution < 1.29 is 24.1 Å². The lowest BCUT2D eigenvalue weighted by Crippen LogP contribution is -2.10. The monoisotopic (exact) mass is 365 g/mol. The van der Waals surface area contributed by atoms with Gasteiger partial charge < -0.3 is 25.1 Å². The normalized spacial score (nSPS) is 10.4. The number of ketones is 1. The molecule has 0 aliphatic rings. The molecule has 0 aliphatic heterocycles. The number of carbonyl (C=O) groups is 1. The van der Waals surface area contributed by atoms with Gasteiger partial charge in [-0.1, -0.05) is 11.6 Å². The molecule has 0 amide bonds. The third-order valence-electron chi connectivity index (χ3n) is 3.78. The molecule has 0 saturated heterocycles. The van der Waals surface area contributed by atoms with Crippen molar-refractivity contribution in [2.24, 2.45) is 0 Å². The van der Waals surface area contributed by atoms with E-state index in [1.165, 1.54) is 27.4 Å². The van der Waals surface area contributed by atoms with E-state index in [0.29, 0.717) is 39.8 Å². The lowest BCUT2D eigenvalue weighted by Gasteiger charge is -2.15. The van der Waals surface area contributed by atoms with Crippen molar-refractivity contribution >= 4 is 23.1 Å². The fraction of sp³-hybridized carbons (Fsp3) is 0.278. The SMILES string of the molecule is COc1cc(C(=O)c2cc(Cl)cc(CCO)c2N)cc(OC)c1OC. The number of hydrogen-bond donors (Lipinski definition) is 2. The molecular weight excluding hydrogens is 346 g/mol. The maximum absolute atomic E-state index is 13.0. The standard InChI is InChI=1S/C18H20ClNO5/c1-23-14-7-11(8-15(24-2)18(14)25-3)17(22)13-9-12(19)6-10(4-5-21)16(13)20/h6-9,21H,4-5,20H2,1-3H3. The van der Waals surface area contributed by atoms with Crippen LogP contribution in [0.4, 0.5) is 5.69 Å². The number of aliphatic hydroxyl groups excluding tert-OH is 1. The van der Waals surface area contributed by atoms with E-state index in [-0.39, 0.29) is 23.6 Å². The number of nitrogens with two attached hydrogens (primary N) is 1. The molecule has 2 aromatic carbocycles. The summed E-state index contributed by atoms with van der Waals surface area (Å²) in [6.45, 7) is -0.0949. The van der Waals surface area contributed by atoms with Gasteiger partial charge in [-0.15, -0.1) is 0 Å². The molecule has 0 unspecified atom stereocenters. The van der Waals surface area contributed by atoms with Gasteiger partial charge in [-0.3, -0.25) is 4.79 Å². The summed E-state index contributed by atoms with van der Waals surface area (Å²) in [4.78, 5) is 13.0. The number of aliphatic hydroxyl groups is 1. The Morgan fingerprint density at radius 3 is 2.16 bits per heavy atom. The van der Waals surface area contributed by atoms with Crippen LogP contribution in [0, 0.1) is 0 Å². The van der Waals surface area contributed by atoms with E-state index in [1.54, 1.807) is 18.2 Å². The first-order valence-electron chi connectivity index (χ1n) is 7.50. The predicted molar refractivity (Wildman–Crippen MR) is 96.2 cm³/mol. The van der Waals surface area contributed by atoms with E-state index < -0.39 is 0 Å². The maximum Gasteiger partial charge on any atom is 0.203 e. The summed E-state index contributed by atoms with van der Waals surface area (Å²) in [6, 6.07) is 6.24. The third-order valence-corrected chi connectivity index (χ3v) is 4.00. The molecule has 0 aromatic heterocycles. The Bertz CT molecular complexity index is 766. The van der Waals surface area contributed by atoms with Gasteiger partial charge in [-0.2, -0.15) is 0 Å². The highest BCUT2D eigenvalue weighted by Crippen LogP contribution is 2.39. The molecule has 0 aliphatic carbocycles. The van der Waals surface area contributed by atoms with E-state index in [0.717, 1.165) is 0 Å². The Kier molecular flexibility index (Phi) is 6.12. The fourth-order valence-corrected chi connectivity index (χ4v) is 2.80. The summed E-state index contributed by atoms with van der Waals surface area (Å²) in [5.74, 6) is 0.780. The van der Waals surface area contributed by atoms with Crippen molar-refractivity contribution in [3.8, 4) is 17.2 Å². The van der Waals surface area contributed by atoms with Gasteiger partial charge in [0.15, 0.2) is 17.3 Å². The van der Waals surface area contributed by atoms with Gasteiger partial charge in [0.1, 0.15) is 0 Å². The Morgan fingerprint density at radius 1 is 1.08 bits per heavy atom. The number of halogens is 1. The van der Waals surface area contributed by atoms with Crippen molar-refractivity contribution in [1.29, 1.82) is 0 Å². The molecule has 6 nitrogen and oxygen atoms in total. The zero-order chi connectivity index (χ0) is 18.6. The summed E-state index contributed by atoms with van der Waals surface area (Å²) in [5, 5.41) is 9.51. The lowest BCUT2D eigenvalue weighted by atomic mass is 9.97. The first-order valence-corrected chi connectivity index (χ1v) is 7.88. The van der Waals surface area contributed by atoms with Crippen LogP contribution in [0.5, 0.6) is 17.2 Å². The fourth-order valence-electron chi connectivity index (χ4n) is 2.56. The van der Waals surface area contributed by atoms with Crippen molar-refractivity contribution in [1.82, 2.24) is 0 Å². The lowest BCUT2D eigenvalue weighted by molar-refractivity contribution is 0.103. The maximum atomic E-state index is 13.0. The number of hydrogen-bond acceptors (Lipinski definition) is 6. The minimum Gasteiger partial charge on any atom is -0.493 e. The summed E-state index contributed by atoms with van der Waals surface area (Å²) in [6.07, 6.45) is 0.307. The Balaban J connectivity index is 2.58. The molecule has 7 heteroatoms. The minimum absolute atomic E-state index is 0.0949. The summed E-state index contributed by atoms with van der Waals surface area (Å²) < 4.78 is 15.8. The third kappa shape index (κ3) is 3.81. The van der Waals surface area contributed by atoms with Gasteiger partial charge in [0, 0.05) is 28.4 Å². The van der Waals surface area contributed by atoms with E-state index in [1.807, 2.05) is 0 Å². The van der Waals surface area contributed by atoms with Crippen LogP contribution in [-0.4, -0.2) is 38.8 Å². The van der Waals surface area contributed by atoms with Crippen LogP contribution in [0.3, 0.4) is 0 Å². The first kappa shape index (κ1) is 18.9. The van der Waals surface area contributed by atoms with Gasteiger partial charge in [0.2, 0.25) is 5.75 Å². The number of nitrogen functional groups attached to an aromatic ring is 1. The zero-order valence-electron chi connectivity index (χ0n) is 14.3. The van der Waals surface area contributed by atoms with Crippen molar-refractivity contribution in [3.05, 3.63) is 46.0 Å². The molecular formula is C18H20ClNO5. The molecule has 0 heterocycles. The van der Waals surface area contributed by atoms with Crippen LogP contribution in [-0.2, 0) is 6.42 Å². The Labute approximate surface area is 151 Å². The van der Waals surface area contributed by atoms with E-state index >= 15 is 0 Å². The number of methoxy groups -OCH3 is 3. The average molecular weight is 366 g/mol. The van der Waals surface area contributed by atoms with Crippen LogP contribution in [0.2, 0.25) is 5.02 Å². The summed E-state index contributed by atoms with van der Waals surface area (Å²) >= 11 is 6.10. The Morgan fingerprint density at radius 2 is 1.68 bits per heavy atom. The van der Waals surface area contributed by atoms with E-state index in [4.69, 9.17) is 36.7 Å². The van der Waals surface area contributed by atoms with Crippen LogP contribution < -0.4 is 19.9 Å². The second kappa shape index (κ2) is 8.09. The highest BCUT2D eigenvalue weighted by molar-refractivity contribution is 6.31. The van der Waals surface area contributed by atoms with Crippen molar-refractivity contribution in [2.75, 3.05) is 33.7 Å². The smallest absolute Gasteiger partial charge is 0.203 e.